The molecule has 1 aromatic rings. The molecule has 1 heterocycles. The van der Waals surface area contributed by atoms with E-state index in [0.717, 1.165) is 13.1 Å². The monoisotopic (exact) mass is 263 g/mol. The Bertz CT molecular complexity index is 375. The molecule has 1 aliphatic rings. The topological polar surface area (TPSA) is 29.9 Å². The Labute approximate surface area is 117 Å². The summed E-state index contributed by atoms with van der Waals surface area (Å²) in [6.45, 7) is 8.85. The van der Waals surface area contributed by atoms with Crippen molar-refractivity contribution in [1.82, 2.24) is 15.1 Å². The number of hydrogen-bond donors (Lipinski definition) is 1. The summed E-state index contributed by atoms with van der Waals surface area (Å²) in [5, 5.41) is 8.23. The highest BCUT2D eigenvalue weighted by Crippen LogP contribution is 2.31. The standard InChI is InChI=1S/C16H29N3/c1-4-10-17-11-14-12-18-19(16(14)13(2)3)15-8-6-5-7-9-15/h12-13,15,17H,4-11H2,1-3H3. The maximum absolute atomic E-state index is 4.72. The van der Waals surface area contributed by atoms with E-state index in [-0.39, 0.29) is 0 Å². The summed E-state index contributed by atoms with van der Waals surface area (Å²) < 4.78 is 2.34. The van der Waals surface area contributed by atoms with E-state index in [1.54, 1.807) is 0 Å². The van der Waals surface area contributed by atoms with Crippen LogP contribution in [0.15, 0.2) is 6.20 Å². The number of rotatable bonds is 6. The SMILES string of the molecule is CCCNCc1cnn(C2CCCCC2)c1C(C)C. The smallest absolute Gasteiger partial charge is 0.0537 e. The van der Waals surface area contributed by atoms with Crippen molar-refractivity contribution in [2.24, 2.45) is 0 Å². The second-order valence-corrected chi connectivity index (χ2v) is 6.12. The maximum atomic E-state index is 4.72. The summed E-state index contributed by atoms with van der Waals surface area (Å²) in [5.41, 5.74) is 2.85. The van der Waals surface area contributed by atoms with Crippen LogP contribution < -0.4 is 5.32 Å². The van der Waals surface area contributed by atoms with Crippen molar-refractivity contribution in [3.63, 3.8) is 0 Å². The van der Waals surface area contributed by atoms with Crippen LogP contribution in [0.3, 0.4) is 0 Å². The van der Waals surface area contributed by atoms with Gasteiger partial charge in [0.15, 0.2) is 0 Å². The summed E-state index contributed by atoms with van der Waals surface area (Å²) in [7, 11) is 0. The molecular weight excluding hydrogens is 234 g/mol. The first-order chi connectivity index (χ1) is 9.24. The van der Waals surface area contributed by atoms with Gasteiger partial charge in [0.25, 0.3) is 0 Å². The molecule has 3 heteroatoms. The Hall–Kier alpha value is -0.830. The summed E-state index contributed by atoms with van der Waals surface area (Å²) in [5.74, 6) is 0.558. The average molecular weight is 263 g/mol. The largest absolute Gasteiger partial charge is 0.313 e. The van der Waals surface area contributed by atoms with Gasteiger partial charge in [-0.15, -0.1) is 0 Å². The zero-order valence-electron chi connectivity index (χ0n) is 12.8. The Kier molecular flexibility index (Phi) is 5.44. The molecule has 2 rings (SSSR count). The molecule has 1 saturated carbocycles. The zero-order chi connectivity index (χ0) is 13.7. The second kappa shape index (κ2) is 7.09. The highest BCUT2D eigenvalue weighted by atomic mass is 15.3. The number of hydrogen-bond acceptors (Lipinski definition) is 2. The lowest BCUT2D eigenvalue weighted by molar-refractivity contribution is 0.319. The van der Waals surface area contributed by atoms with Crippen LogP contribution in [0.25, 0.3) is 0 Å². The molecule has 19 heavy (non-hydrogen) atoms. The molecule has 0 atom stereocenters. The molecule has 3 nitrogen and oxygen atoms in total. The van der Waals surface area contributed by atoms with E-state index in [0.29, 0.717) is 12.0 Å². The Balaban J connectivity index is 2.13. The highest BCUT2D eigenvalue weighted by Gasteiger charge is 2.22. The molecule has 0 saturated heterocycles. The average Bonchev–Trinajstić information content (AvgIpc) is 2.84. The molecule has 0 bridgehead atoms. The van der Waals surface area contributed by atoms with E-state index in [4.69, 9.17) is 5.10 Å². The van der Waals surface area contributed by atoms with Gasteiger partial charge < -0.3 is 5.32 Å². The number of nitrogens with zero attached hydrogens (tertiary/aromatic N) is 2. The van der Waals surface area contributed by atoms with Crippen molar-refractivity contribution in [2.75, 3.05) is 6.54 Å². The number of aromatic nitrogens is 2. The zero-order valence-corrected chi connectivity index (χ0v) is 12.8. The molecule has 1 aromatic heterocycles. The van der Waals surface area contributed by atoms with Crippen LogP contribution in [0.4, 0.5) is 0 Å². The summed E-state index contributed by atoms with van der Waals surface area (Å²) in [6, 6.07) is 0.645. The van der Waals surface area contributed by atoms with Crippen LogP contribution >= 0.6 is 0 Å². The first-order valence-electron chi connectivity index (χ1n) is 8.01. The van der Waals surface area contributed by atoms with Crippen LogP contribution in [-0.2, 0) is 6.54 Å². The lowest BCUT2D eigenvalue weighted by Crippen LogP contribution is -2.19. The predicted molar refractivity (Wildman–Crippen MR) is 80.4 cm³/mol. The van der Waals surface area contributed by atoms with E-state index < -0.39 is 0 Å². The van der Waals surface area contributed by atoms with E-state index in [9.17, 15) is 0 Å². The van der Waals surface area contributed by atoms with Crippen molar-refractivity contribution in [3.8, 4) is 0 Å². The van der Waals surface area contributed by atoms with Gasteiger partial charge >= 0.3 is 0 Å². The van der Waals surface area contributed by atoms with Gasteiger partial charge in [-0.3, -0.25) is 4.68 Å². The normalized spacial score (nSPS) is 17.3. The summed E-state index contributed by atoms with van der Waals surface area (Å²) >= 11 is 0. The number of nitrogens with one attached hydrogen (secondary N) is 1. The van der Waals surface area contributed by atoms with Gasteiger partial charge in [-0.1, -0.05) is 40.0 Å². The lowest BCUT2D eigenvalue weighted by Gasteiger charge is -2.25. The van der Waals surface area contributed by atoms with Gasteiger partial charge in [0, 0.05) is 17.8 Å². The Morgan fingerprint density at radius 1 is 1.32 bits per heavy atom. The van der Waals surface area contributed by atoms with Crippen LogP contribution in [-0.4, -0.2) is 16.3 Å². The van der Waals surface area contributed by atoms with Gasteiger partial charge in [-0.2, -0.15) is 5.10 Å². The molecule has 0 unspecified atom stereocenters. The first-order valence-corrected chi connectivity index (χ1v) is 8.01. The molecule has 0 aliphatic heterocycles. The van der Waals surface area contributed by atoms with Crippen molar-refractivity contribution < 1.29 is 0 Å². The molecule has 1 N–H and O–H groups in total. The maximum Gasteiger partial charge on any atom is 0.0537 e. The summed E-state index contributed by atoms with van der Waals surface area (Å²) in [6.07, 6.45) is 10.0. The van der Waals surface area contributed by atoms with E-state index >= 15 is 0 Å². The van der Waals surface area contributed by atoms with Crippen molar-refractivity contribution in [2.45, 2.75) is 77.8 Å². The van der Waals surface area contributed by atoms with Gasteiger partial charge in [-0.25, -0.2) is 0 Å². The van der Waals surface area contributed by atoms with E-state index in [2.05, 4.69) is 37.0 Å². The lowest BCUT2D eigenvalue weighted by atomic mass is 9.94. The summed E-state index contributed by atoms with van der Waals surface area (Å²) in [4.78, 5) is 0. The third-order valence-electron chi connectivity index (χ3n) is 4.12. The fourth-order valence-electron chi connectivity index (χ4n) is 3.20. The molecule has 0 aromatic carbocycles. The van der Waals surface area contributed by atoms with E-state index in [1.165, 1.54) is 49.8 Å². The molecule has 0 amide bonds. The third kappa shape index (κ3) is 3.59. The van der Waals surface area contributed by atoms with Gasteiger partial charge in [0.05, 0.1) is 12.2 Å². The molecule has 1 fully saturated rings. The quantitative estimate of drug-likeness (QED) is 0.786. The molecule has 0 radical (unpaired) electrons. The van der Waals surface area contributed by atoms with E-state index in [1.807, 2.05) is 0 Å². The predicted octanol–water partition coefficient (Wildman–Crippen LogP) is 4.01. The first kappa shape index (κ1) is 14.6. The fraction of sp³-hybridized carbons (Fsp3) is 0.812. The molecule has 108 valence electrons. The van der Waals surface area contributed by atoms with Crippen molar-refractivity contribution >= 4 is 0 Å². The minimum Gasteiger partial charge on any atom is -0.313 e. The van der Waals surface area contributed by atoms with Crippen molar-refractivity contribution in [1.29, 1.82) is 0 Å². The van der Waals surface area contributed by atoms with Crippen LogP contribution in [0.1, 0.15) is 82.5 Å². The van der Waals surface area contributed by atoms with Crippen LogP contribution in [0, 0.1) is 0 Å². The molecule has 0 spiro atoms. The fourth-order valence-corrected chi connectivity index (χ4v) is 3.20. The highest BCUT2D eigenvalue weighted by molar-refractivity contribution is 5.21. The molecule has 1 aliphatic carbocycles. The van der Waals surface area contributed by atoms with Crippen LogP contribution in [0.2, 0.25) is 0 Å². The second-order valence-electron chi connectivity index (χ2n) is 6.12. The minimum atomic E-state index is 0.558. The third-order valence-corrected chi connectivity index (χ3v) is 4.12. The van der Waals surface area contributed by atoms with Gasteiger partial charge in [-0.05, 0) is 31.7 Å². The Morgan fingerprint density at radius 3 is 2.68 bits per heavy atom. The minimum absolute atomic E-state index is 0.558. The Morgan fingerprint density at radius 2 is 2.05 bits per heavy atom. The van der Waals surface area contributed by atoms with Gasteiger partial charge in [0.1, 0.15) is 0 Å². The molecular formula is C16H29N3. The van der Waals surface area contributed by atoms with Crippen LogP contribution in [0.5, 0.6) is 0 Å². The van der Waals surface area contributed by atoms with Gasteiger partial charge in [0.2, 0.25) is 0 Å². The van der Waals surface area contributed by atoms with Crippen molar-refractivity contribution in [3.05, 3.63) is 17.5 Å².